The molecule has 0 radical (unpaired) electrons. The van der Waals surface area contributed by atoms with Gasteiger partial charge in [0.2, 0.25) is 17.5 Å². The van der Waals surface area contributed by atoms with Gasteiger partial charge in [0.05, 0.1) is 34.2 Å². The number of benzene rings is 1. The Morgan fingerprint density at radius 2 is 1.87 bits per heavy atom. The van der Waals surface area contributed by atoms with Gasteiger partial charge in [0, 0.05) is 50.8 Å². The van der Waals surface area contributed by atoms with Crippen LogP contribution in [-0.2, 0) is 4.79 Å². The summed E-state index contributed by atoms with van der Waals surface area (Å²) in [7, 11) is 0. The smallest absolute Gasteiger partial charge is 0.373 e. The quantitative estimate of drug-likeness (QED) is 0.347. The van der Waals surface area contributed by atoms with Crippen LogP contribution in [0, 0.1) is 22.7 Å². The van der Waals surface area contributed by atoms with Crippen molar-refractivity contribution >= 4 is 46.4 Å². The van der Waals surface area contributed by atoms with Gasteiger partial charge in [-0.05, 0) is 38.8 Å². The summed E-state index contributed by atoms with van der Waals surface area (Å²) < 4.78 is 40.8. The van der Waals surface area contributed by atoms with Crippen LogP contribution in [0.1, 0.15) is 37.8 Å². The van der Waals surface area contributed by atoms with E-state index in [0.717, 1.165) is 17.7 Å². The third-order valence-corrected chi connectivity index (χ3v) is 8.83. The van der Waals surface area contributed by atoms with Crippen molar-refractivity contribution < 1.29 is 23.1 Å². The summed E-state index contributed by atoms with van der Waals surface area (Å²) in [5.41, 5.74) is -1.50. The molecule has 3 aliphatic rings. The van der Waals surface area contributed by atoms with Crippen molar-refractivity contribution in [3.63, 3.8) is 0 Å². The fraction of sp³-hybridized carbons (Fsp3) is 0.500. The van der Waals surface area contributed by atoms with Gasteiger partial charge in [-0.25, -0.2) is 0 Å². The van der Waals surface area contributed by atoms with Gasteiger partial charge >= 0.3 is 6.18 Å². The van der Waals surface area contributed by atoms with Gasteiger partial charge in [0.1, 0.15) is 11.6 Å². The van der Waals surface area contributed by atoms with Crippen LogP contribution >= 0.6 is 11.6 Å². The lowest BCUT2D eigenvalue weighted by molar-refractivity contribution is -0.252. The first kappa shape index (κ1) is 30.6. The Balaban J connectivity index is 1.19. The van der Waals surface area contributed by atoms with E-state index in [1.807, 2.05) is 6.92 Å². The molecular formula is C28H29ClF3N11O2. The molecular weight excluding hydrogens is 615 g/mol. The zero-order valence-corrected chi connectivity index (χ0v) is 25.1. The third kappa shape index (κ3) is 5.65. The molecule has 0 spiro atoms. The molecule has 13 nitrogen and oxygen atoms in total. The van der Waals surface area contributed by atoms with Crippen LogP contribution in [0.3, 0.4) is 0 Å². The topological polar surface area (TPSA) is 162 Å². The van der Waals surface area contributed by atoms with Crippen molar-refractivity contribution in [1.29, 1.82) is 10.5 Å². The first-order valence-corrected chi connectivity index (χ1v) is 14.7. The van der Waals surface area contributed by atoms with Crippen LogP contribution in [0.5, 0.6) is 0 Å². The molecule has 3 N–H and O–H groups in total. The summed E-state index contributed by atoms with van der Waals surface area (Å²) in [5.74, 6) is -0.770. The summed E-state index contributed by atoms with van der Waals surface area (Å²) in [5, 5.41) is 40.1. The number of nitrogens with zero attached hydrogens (tertiary/aromatic N) is 9. The lowest BCUT2D eigenvalue weighted by atomic mass is 9.98. The van der Waals surface area contributed by atoms with E-state index < -0.39 is 17.7 Å². The number of nitriles is 2. The summed E-state index contributed by atoms with van der Waals surface area (Å²) in [4.78, 5) is 26.5. The summed E-state index contributed by atoms with van der Waals surface area (Å²) >= 11 is 6.92. The normalized spacial score (nSPS) is 20.7. The molecule has 3 fully saturated rings. The Morgan fingerprint density at radius 1 is 1.13 bits per heavy atom. The summed E-state index contributed by atoms with van der Waals surface area (Å²) in [6, 6.07) is 7.53. The predicted molar refractivity (Wildman–Crippen MR) is 157 cm³/mol. The Labute approximate surface area is 260 Å². The molecule has 0 unspecified atom stereocenters. The predicted octanol–water partition coefficient (Wildman–Crippen LogP) is 2.87. The molecule has 1 saturated carbocycles. The molecule has 17 heteroatoms. The van der Waals surface area contributed by atoms with Gasteiger partial charge in [-0.3, -0.25) is 9.69 Å². The van der Waals surface area contributed by atoms with E-state index in [4.69, 9.17) is 11.6 Å². The van der Waals surface area contributed by atoms with Gasteiger partial charge in [-0.1, -0.05) is 11.6 Å². The first-order chi connectivity index (χ1) is 21.3. The SMILES string of the molecule is C[C@H]1CN(C2CN(C(=O)[C@](C)(O)C(F)(F)F)C2)CCN1c1cc(C#N)cc(Nc2nc(NC3CC3)n3ncc(C#N)c3n2)c1Cl. The van der Waals surface area contributed by atoms with E-state index in [1.54, 1.807) is 12.1 Å². The molecule has 6 rings (SSSR count). The molecule has 1 amide bonds. The molecule has 3 aromatic rings. The van der Waals surface area contributed by atoms with Crippen molar-refractivity contribution in [2.24, 2.45) is 0 Å². The standard InChI is InChI=1S/C28H29ClF3N11O2/c1-15-12-40(19-13-41(14-19)24(44)27(2,45)28(30,31)32)5-6-42(15)21-8-16(9-33)7-20(22(21)29)37-25-38-23-17(10-34)11-35-43(23)26(39-25)36-18-3-4-18/h7-8,11,15,18-19,45H,3-6,12-14H2,1-2H3,(H2,36,37,38,39)/t15-,27-/m0/s1. The summed E-state index contributed by atoms with van der Waals surface area (Å²) in [6.07, 6.45) is -1.67. The van der Waals surface area contributed by atoms with Crippen molar-refractivity contribution in [3.8, 4) is 12.1 Å². The number of aliphatic hydroxyl groups is 1. The van der Waals surface area contributed by atoms with Crippen LogP contribution < -0.4 is 15.5 Å². The van der Waals surface area contributed by atoms with Crippen molar-refractivity contribution in [1.82, 2.24) is 29.4 Å². The fourth-order valence-corrected chi connectivity index (χ4v) is 5.83. The average molecular weight is 644 g/mol. The lowest BCUT2D eigenvalue weighted by Gasteiger charge is -2.51. The monoisotopic (exact) mass is 643 g/mol. The number of likely N-dealkylation sites (tertiary alicyclic amines) is 1. The Hall–Kier alpha value is -4.38. The highest BCUT2D eigenvalue weighted by Gasteiger charge is 2.58. The van der Waals surface area contributed by atoms with E-state index in [2.05, 4.69) is 47.6 Å². The minimum Gasteiger partial charge on any atom is -0.373 e. The van der Waals surface area contributed by atoms with E-state index in [1.165, 1.54) is 10.7 Å². The fourth-order valence-electron chi connectivity index (χ4n) is 5.57. The van der Waals surface area contributed by atoms with Gasteiger partial charge < -0.3 is 25.5 Å². The summed E-state index contributed by atoms with van der Waals surface area (Å²) in [6.45, 7) is 4.19. The number of aromatic nitrogens is 4. The Bertz CT molecular complexity index is 1740. The highest BCUT2D eigenvalue weighted by Crippen LogP contribution is 2.39. The number of anilines is 4. The maximum Gasteiger partial charge on any atom is 0.426 e. The Morgan fingerprint density at radius 3 is 2.49 bits per heavy atom. The molecule has 2 aliphatic heterocycles. The number of hydrogen-bond donors (Lipinski definition) is 3. The molecule has 45 heavy (non-hydrogen) atoms. The molecule has 2 saturated heterocycles. The molecule has 2 atom stereocenters. The van der Waals surface area contributed by atoms with Crippen molar-refractivity contribution in [2.75, 3.05) is 48.3 Å². The number of halogens is 4. The zero-order valence-electron chi connectivity index (χ0n) is 24.3. The molecule has 1 aromatic carbocycles. The highest BCUT2D eigenvalue weighted by atomic mass is 35.5. The largest absolute Gasteiger partial charge is 0.426 e. The molecule has 1 aliphatic carbocycles. The second-order valence-corrected chi connectivity index (χ2v) is 12.1. The maximum atomic E-state index is 13.1. The third-order valence-electron chi connectivity index (χ3n) is 8.43. The first-order valence-electron chi connectivity index (χ1n) is 14.3. The van der Waals surface area contributed by atoms with Crippen LogP contribution in [-0.4, -0.2) is 103 Å². The van der Waals surface area contributed by atoms with Crippen molar-refractivity contribution in [3.05, 3.63) is 34.5 Å². The molecule has 2 aromatic heterocycles. The molecule has 236 valence electrons. The number of amides is 1. The number of rotatable bonds is 7. The van der Waals surface area contributed by atoms with Crippen LogP contribution in [0.2, 0.25) is 5.02 Å². The Kier molecular flexibility index (Phi) is 7.63. The number of carbonyl (C=O) groups is 1. The van der Waals surface area contributed by atoms with E-state index in [9.17, 15) is 33.6 Å². The van der Waals surface area contributed by atoms with Crippen LogP contribution in [0.4, 0.5) is 36.4 Å². The van der Waals surface area contributed by atoms with Crippen LogP contribution in [0.25, 0.3) is 5.65 Å². The van der Waals surface area contributed by atoms with Gasteiger partial charge in [0.15, 0.2) is 5.65 Å². The second-order valence-electron chi connectivity index (χ2n) is 11.8. The molecule has 4 heterocycles. The number of hydrogen-bond acceptors (Lipinski definition) is 11. The van der Waals surface area contributed by atoms with Gasteiger partial charge in [-0.15, -0.1) is 0 Å². The minimum atomic E-state index is -5.06. The maximum absolute atomic E-state index is 13.1. The van der Waals surface area contributed by atoms with Gasteiger partial charge in [0.25, 0.3) is 5.91 Å². The average Bonchev–Trinajstić information content (AvgIpc) is 3.68. The number of carbonyl (C=O) groups excluding carboxylic acids is 1. The lowest BCUT2D eigenvalue weighted by Crippen LogP contribution is -2.69. The van der Waals surface area contributed by atoms with E-state index in [0.29, 0.717) is 60.1 Å². The second kappa shape index (κ2) is 11.2. The molecule has 0 bridgehead atoms. The number of nitrogens with one attached hydrogen (secondary N) is 2. The van der Waals surface area contributed by atoms with Crippen molar-refractivity contribution in [2.45, 2.75) is 56.6 Å². The number of alkyl halides is 3. The van der Waals surface area contributed by atoms with Gasteiger partial charge in [-0.2, -0.15) is 43.3 Å². The zero-order chi connectivity index (χ0) is 32.3. The van der Waals surface area contributed by atoms with Crippen LogP contribution in [0.15, 0.2) is 18.3 Å². The highest BCUT2D eigenvalue weighted by molar-refractivity contribution is 6.36. The van der Waals surface area contributed by atoms with E-state index >= 15 is 0 Å². The minimum absolute atomic E-state index is 0.0865. The van der Waals surface area contributed by atoms with E-state index in [-0.39, 0.29) is 42.7 Å². The number of fused-ring (bicyclic) bond motifs is 1. The number of piperazine rings is 1.